The third-order valence-electron chi connectivity index (χ3n) is 6.07. The Morgan fingerprint density at radius 1 is 1.33 bits per heavy atom. The Labute approximate surface area is 176 Å². The summed E-state index contributed by atoms with van der Waals surface area (Å²) in [5.41, 5.74) is 0.183. The molecule has 2 aromatic rings. The van der Waals surface area contributed by atoms with Crippen molar-refractivity contribution >= 4 is 11.7 Å². The van der Waals surface area contributed by atoms with Gasteiger partial charge in [0.15, 0.2) is 11.6 Å². The molecule has 1 amide bonds. The molecule has 0 spiro atoms. The van der Waals surface area contributed by atoms with E-state index in [4.69, 9.17) is 4.74 Å². The predicted octanol–water partition coefficient (Wildman–Crippen LogP) is 3.16. The summed E-state index contributed by atoms with van der Waals surface area (Å²) in [7, 11) is 0. The number of hydrogen-bond donors (Lipinski definition) is 2. The van der Waals surface area contributed by atoms with Crippen LogP contribution in [0, 0.1) is 23.6 Å². The number of ether oxygens (including phenoxy) is 1. The van der Waals surface area contributed by atoms with Crippen molar-refractivity contribution in [2.75, 3.05) is 31.5 Å². The maximum absolute atomic E-state index is 14.0. The third-order valence-corrected chi connectivity index (χ3v) is 6.07. The van der Waals surface area contributed by atoms with Gasteiger partial charge in [0.1, 0.15) is 17.9 Å². The first-order valence-electron chi connectivity index (χ1n) is 10.5. The summed E-state index contributed by atoms with van der Waals surface area (Å²) >= 11 is 0. The average molecular weight is 413 g/mol. The number of carbonyl (C=O) groups excluding carboxylic acids is 1. The molecule has 0 bridgehead atoms. The van der Waals surface area contributed by atoms with Gasteiger partial charge in [-0.1, -0.05) is 0 Å². The number of anilines is 1. The second-order valence-corrected chi connectivity index (χ2v) is 8.19. The van der Waals surface area contributed by atoms with Crippen LogP contribution in [0.4, 0.5) is 10.2 Å². The number of nitrogens with zero attached hydrogens (tertiary/aromatic N) is 3. The SMILES string of the molecule is CCN(C(=O)c1cc(F)ccc1Oc1cncnc1NCC1[C@H]2CNC[C@@H]12)C(C)C. The standard InChI is InChI=1S/C22H28FN5O2/c1-4-28(13(2)3)22(29)15-7-14(23)5-6-19(15)30-20-11-25-12-27-21(20)26-10-18-16-8-24-9-17(16)18/h5-7,11-13,16-18,24H,4,8-10H2,1-3H3,(H,25,26,27)/t16-,17+,18?. The second-order valence-electron chi connectivity index (χ2n) is 8.19. The van der Waals surface area contributed by atoms with Crippen LogP contribution < -0.4 is 15.4 Å². The first-order valence-corrected chi connectivity index (χ1v) is 10.5. The molecule has 30 heavy (non-hydrogen) atoms. The van der Waals surface area contributed by atoms with Crippen LogP contribution >= 0.6 is 0 Å². The fraction of sp³-hybridized carbons (Fsp3) is 0.500. The highest BCUT2D eigenvalue weighted by atomic mass is 19.1. The fourth-order valence-electron chi connectivity index (χ4n) is 4.36. The van der Waals surface area contributed by atoms with Crippen molar-refractivity contribution in [2.24, 2.45) is 17.8 Å². The lowest BCUT2D eigenvalue weighted by Gasteiger charge is -2.26. The second kappa shape index (κ2) is 8.55. The van der Waals surface area contributed by atoms with Crippen LogP contribution in [-0.4, -0.2) is 53.0 Å². The molecule has 4 rings (SSSR count). The summed E-state index contributed by atoms with van der Waals surface area (Å²) in [6, 6.07) is 3.97. The first-order chi connectivity index (χ1) is 14.5. The van der Waals surface area contributed by atoms with Gasteiger partial charge in [0.2, 0.25) is 0 Å². The normalized spacial score (nSPS) is 22.0. The minimum Gasteiger partial charge on any atom is -0.451 e. The van der Waals surface area contributed by atoms with Crippen LogP contribution in [0.3, 0.4) is 0 Å². The van der Waals surface area contributed by atoms with Crippen LogP contribution in [0.2, 0.25) is 0 Å². The Balaban J connectivity index is 1.53. The highest BCUT2D eigenvalue weighted by molar-refractivity contribution is 5.97. The molecule has 2 fully saturated rings. The maximum Gasteiger partial charge on any atom is 0.257 e. The zero-order valence-electron chi connectivity index (χ0n) is 17.6. The number of fused-ring (bicyclic) bond motifs is 1. The van der Waals surface area contributed by atoms with Crippen LogP contribution in [0.1, 0.15) is 31.1 Å². The van der Waals surface area contributed by atoms with Gasteiger partial charge >= 0.3 is 0 Å². The van der Waals surface area contributed by atoms with Crippen LogP contribution in [-0.2, 0) is 0 Å². The molecule has 1 saturated carbocycles. The summed E-state index contributed by atoms with van der Waals surface area (Å²) in [5.74, 6) is 2.62. The average Bonchev–Trinajstić information content (AvgIpc) is 3.15. The Kier molecular flexibility index (Phi) is 5.85. The number of halogens is 1. The number of piperidine rings is 1. The van der Waals surface area contributed by atoms with E-state index in [2.05, 4.69) is 20.6 Å². The van der Waals surface area contributed by atoms with Crippen molar-refractivity contribution in [1.29, 1.82) is 0 Å². The van der Waals surface area contributed by atoms with E-state index in [9.17, 15) is 9.18 Å². The monoisotopic (exact) mass is 413 g/mol. The third kappa shape index (κ3) is 4.09. The van der Waals surface area contributed by atoms with Crippen molar-refractivity contribution in [2.45, 2.75) is 26.8 Å². The quantitative estimate of drug-likeness (QED) is 0.692. The van der Waals surface area contributed by atoms with Gasteiger partial charge in [-0.15, -0.1) is 0 Å². The van der Waals surface area contributed by atoms with Gasteiger partial charge in [-0.05, 0) is 69.8 Å². The summed E-state index contributed by atoms with van der Waals surface area (Å²) in [6.45, 7) is 9.24. The topological polar surface area (TPSA) is 79.4 Å². The van der Waals surface area contributed by atoms with Crippen LogP contribution in [0.15, 0.2) is 30.7 Å². The Morgan fingerprint density at radius 2 is 2.10 bits per heavy atom. The maximum atomic E-state index is 14.0. The minimum absolute atomic E-state index is 0.0108. The van der Waals surface area contributed by atoms with E-state index in [1.54, 1.807) is 11.1 Å². The Bertz CT molecular complexity index is 912. The number of hydrogen-bond acceptors (Lipinski definition) is 6. The molecule has 7 nitrogen and oxygen atoms in total. The number of aromatic nitrogens is 2. The molecule has 1 saturated heterocycles. The summed E-state index contributed by atoms with van der Waals surface area (Å²) in [4.78, 5) is 23.1. The molecule has 2 heterocycles. The predicted molar refractivity (Wildman–Crippen MR) is 112 cm³/mol. The molecular formula is C22H28FN5O2. The molecule has 1 aliphatic carbocycles. The lowest BCUT2D eigenvalue weighted by molar-refractivity contribution is 0.0713. The highest BCUT2D eigenvalue weighted by Gasteiger charge is 2.52. The van der Waals surface area contributed by atoms with Crippen molar-refractivity contribution < 1.29 is 13.9 Å². The molecule has 2 aliphatic rings. The highest BCUT2D eigenvalue weighted by Crippen LogP contribution is 2.48. The van der Waals surface area contributed by atoms with Crippen molar-refractivity contribution in [3.63, 3.8) is 0 Å². The van der Waals surface area contributed by atoms with Gasteiger partial charge in [-0.3, -0.25) is 4.79 Å². The van der Waals surface area contributed by atoms with E-state index in [1.165, 1.54) is 24.5 Å². The molecule has 0 radical (unpaired) electrons. The van der Waals surface area contributed by atoms with E-state index in [-0.39, 0.29) is 23.3 Å². The summed E-state index contributed by atoms with van der Waals surface area (Å²) < 4.78 is 20.0. The van der Waals surface area contributed by atoms with Gasteiger partial charge in [-0.2, -0.15) is 0 Å². The summed E-state index contributed by atoms with van der Waals surface area (Å²) in [6.07, 6.45) is 3.01. The number of nitrogens with one attached hydrogen (secondary N) is 2. The lowest BCUT2D eigenvalue weighted by atomic mass is 10.1. The summed E-state index contributed by atoms with van der Waals surface area (Å²) in [5, 5.41) is 6.76. The fourth-order valence-corrected chi connectivity index (χ4v) is 4.36. The van der Waals surface area contributed by atoms with Crippen molar-refractivity contribution in [1.82, 2.24) is 20.2 Å². The van der Waals surface area contributed by atoms with Gasteiger partial charge in [0, 0.05) is 19.1 Å². The van der Waals surface area contributed by atoms with Crippen molar-refractivity contribution in [3.05, 3.63) is 42.1 Å². The van der Waals surface area contributed by atoms with Gasteiger partial charge < -0.3 is 20.3 Å². The van der Waals surface area contributed by atoms with E-state index in [0.29, 0.717) is 24.0 Å². The molecule has 160 valence electrons. The number of benzene rings is 1. The molecule has 1 unspecified atom stereocenters. The Hall–Kier alpha value is -2.74. The van der Waals surface area contributed by atoms with Crippen LogP contribution in [0.25, 0.3) is 0 Å². The molecule has 2 N–H and O–H groups in total. The van der Waals surface area contributed by atoms with E-state index in [1.807, 2.05) is 20.8 Å². The van der Waals surface area contributed by atoms with Gasteiger partial charge in [0.25, 0.3) is 5.91 Å². The zero-order valence-corrected chi connectivity index (χ0v) is 17.6. The molecule has 1 aliphatic heterocycles. The van der Waals surface area contributed by atoms with Crippen molar-refractivity contribution in [3.8, 4) is 11.5 Å². The number of rotatable bonds is 8. The van der Waals surface area contributed by atoms with Gasteiger partial charge in [0.05, 0.1) is 11.8 Å². The van der Waals surface area contributed by atoms with Crippen LogP contribution in [0.5, 0.6) is 11.5 Å². The lowest BCUT2D eigenvalue weighted by Crippen LogP contribution is -2.36. The smallest absolute Gasteiger partial charge is 0.257 e. The molecule has 1 aromatic carbocycles. The van der Waals surface area contributed by atoms with E-state index < -0.39 is 5.82 Å². The number of carbonyl (C=O) groups is 1. The number of amides is 1. The largest absolute Gasteiger partial charge is 0.451 e. The Morgan fingerprint density at radius 3 is 2.80 bits per heavy atom. The zero-order chi connectivity index (χ0) is 21.3. The molecule has 3 atom stereocenters. The molecule has 8 heteroatoms. The van der Waals surface area contributed by atoms with Gasteiger partial charge in [-0.25, -0.2) is 14.4 Å². The first kappa shape index (κ1) is 20.5. The van der Waals surface area contributed by atoms with E-state index >= 15 is 0 Å². The van der Waals surface area contributed by atoms with E-state index in [0.717, 1.165) is 31.5 Å². The molecule has 1 aromatic heterocycles. The minimum atomic E-state index is -0.484. The molecular weight excluding hydrogens is 385 g/mol.